The van der Waals surface area contributed by atoms with E-state index in [1.165, 1.54) is 6.42 Å². The number of nitrogens with one attached hydrogen (secondary N) is 1. The number of fused-ring (bicyclic) bond motifs is 1. The molecule has 1 spiro atoms. The third kappa shape index (κ3) is 0.735. The Morgan fingerprint density at radius 1 is 1.36 bits per heavy atom. The summed E-state index contributed by atoms with van der Waals surface area (Å²) in [5, 5.41) is -0.0938. The molecule has 4 heteroatoms. The minimum Gasteiger partial charge on any atom is -0.214 e. The minimum absolute atomic E-state index is 0.0521. The molecule has 0 aromatic heterocycles. The molecular weight excluding hydrogens is 198 g/mol. The maximum Gasteiger partial charge on any atom is 0.215 e. The zero-order valence-corrected chi connectivity index (χ0v) is 9.52. The summed E-state index contributed by atoms with van der Waals surface area (Å²) in [6, 6.07) is 0. The molecule has 1 heterocycles. The van der Waals surface area contributed by atoms with Gasteiger partial charge < -0.3 is 0 Å². The van der Waals surface area contributed by atoms with Gasteiger partial charge in [0.05, 0.1) is 5.25 Å². The molecule has 3 aliphatic rings. The van der Waals surface area contributed by atoms with Crippen molar-refractivity contribution in [1.82, 2.24) is 4.72 Å². The second kappa shape index (κ2) is 2.19. The second-order valence-corrected chi connectivity index (χ2v) is 7.65. The van der Waals surface area contributed by atoms with E-state index in [1.54, 1.807) is 0 Å². The van der Waals surface area contributed by atoms with Crippen LogP contribution < -0.4 is 4.72 Å². The first-order valence-corrected chi connectivity index (χ1v) is 6.93. The molecule has 3 nitrogen and oxygen atoms in total. The van der Waals surface area contributed by atoms with E-state index in [0.717, 1.165) is 12.8 Å². The lowest BCUT2D eigenvalue weighted by Crippen LogP contribution is -2.38. The highest BCUT2D eigenvalue weighted by atomic mass is 32.2. The average molecular weight is 215 g/mol. The van der Waals surface area contributed by atoms with Gasteiger partial charge in [0.1, 0.15) is 0 Å². The van der Waals surface area contributed by atoms with Crippen LogP contribution in [0.1, 0.15) is 33.1 Å². The summed E-state index contributed by atoms with van der Waals surface area (Å²) >= 11 is 0. The van der Waals surface area contributed by atoms with Crippen LogP contribution in [0.5, 0.6) is 0 Å². The zero-order chi connectivity index (χ0) is 10.2. The van der Waals surface area contributed by atoms with Crippen LogP contribution in [0.4, 0.5) is 0 Å². The van der Waals surface area contributed by atoms with Crippen molar-refractivity contribution in [3.63, 3.8) is 0 Å². The van der Waals surface area contributed by atoms with Gasteiger partial charge in [0.2, 0.25) is 10.0 Å². The molecule has 1 N–H and O–H groups in total. The molecule has 2 saturated carbocycles. The average Bonchev–Trinajstić information content (AvgIpc) is 2.60. The Morgan fingerprint density at radius 2 is 2.07 bits per heavy atom. The van der Waals surface area contributed by atoms with Crippen molar-refractivity contribution < 1.29 is 8.42 Å². The molecule has 3 atom stereocenters. The van der Waals surface area contributed by atoms with Crippen molar-refractivity contribution in [1.29, 1.82) is 0 Å². The maximum atomic E-state index is 11.8. The Bertz CT molecular complexity index is 387. The fourth-order valence-corrected chi connectivity index (χ4v) is 6.42. The molecule has 14 heavy (non-hydrogen) atoms. The maximum absolute atomic E-state index is 11.8. The smallest absolute Gasteiger partial charge is 0.214 e. The number of hydrogen-bond donors (Lipinski definition) is 1. The fourth-order valence-electron chi connectivity index (χ4n) is 4.18. The van der Waals surface area contributed by atoms with Gasteiger partial charge in [-0.1, -0.05) is 13.8 Å². The monoisotopic (exact) mass is 215 g/mol. The van der Waals surface area contributed by atoms with E-state index in [1.807, 2.05) is 0 Å². The second-order valence-electron chi connectivity index (χ2n) is 5.70. The van der Waals surface area contributed by atoms with Crippen LogP contribution in [0.25, 0.3) is 0 Å². The molecule has 80 valence electrons. The fraction of sp³-hybridized carbons (Fsp3) is 1.00. The van der Waals surface area contributed by atoms with Gasteiger partial charge in [-0.2, -0.15) is 0 Å². The summed E-state index contributed by atoms with van der Waals surface area (Å²) in [5.74, 6) is 0.629. The van der Waals surface area contributed by atoms with Crippen molar-refractivity contribution in [2.75, 3.05) is 6.54 Å². The molecule has 0 aromatic carbocycles. The quantitative estimate of drug-likeness (QED) is 0.658. The Hall–Kier alpha value is -0.0900. The highest BCUT2D eigenvalue weighted by Crippen LogP contribution is 2.68. The zero-order valence-electron chi connectivity index (χ0n) is 8.71. The predicted octanol–water partition coefficient (Wildman–Crippen LogP) is 1.11. The van der Waals surface area contributed by atoms with Crippen LogP contribution in [0, 0.1) is 16.7 Å². The number of rotatable bonds is 0. The first-order valence-electron chi connectivity index (χ1n) is 5.39. The van der Waals surface area contributed by atoms with Crippen molar-refractivity contribution in [2.24, 2.45) is 16.7 Å². The van der Waals surface area contributed by atoms with Gasteiger partial charge in [0.15, 0.2) is 0 Å². The van der Waals surface area contributed by atoms with E-state index in [2.05, 4.69) is 18.6 Å². The van der Waals surface area contributed by atoms with Crippen LogP contribution in [0.3, 0.4) is 0 Å². The van der Waals surface area contributed by atoms with Crippen molar-refractivity contribution in [3.8, 4) is 0 Å². The summed E-state index contributed by atoms with van der Waals surface area (Å²) in [4.78, 5) is 0. The van der Waals surface area contributed by atoms with Gasteiger partial charge in [0, 0.05) is 12.0 Å². The van der Waals surface area contributed by atoms with Crippen molar-refractivity contribution in [2.45, 2.75) is 38.4 Å². The van der Waals surface area contributed by atoms with Crippen LogP contribution in [0.15, 0.2) is 0 Å². The Labute approximate surface area is 85.3 Å². The lowest BCUT2D eigenvalue weighted by Gasteiger charge is -2.36. The van der Waals surface area contributed by atoms with Gasteiger partial charge in [-0.3, -0.25) is 0 Å². The molecule has 1 aliphatic heterocycles. The molecule has 2 bridgehead atoms. The van der Waals surface area contributed by atoms with E-state index in [4.69, 9.17) is 0 Å². The van der Waals surface area contributed by atoms with Crippen LogP contribution in [-0.4, -0.2) is 20.2 Å². The lowest BCUT2D eigenvalue weighted by atomic mass is 9.69. The van der Waals surface area contributed by atoms with E-state index < -0.39 is 10.0 Å². The summed E-state index contributed by atoms with van der Waals surface area (Å²) in [6.07, 6.45) is 3.21. The highest BCUT2D eigenvalue weighted by Gasteiger charge is 2.70. The molecule has 0 aromatic rings. The van der Waals surface area contributed by atoms with Crippen LogP contribution in [-0.2, 0) is 10.0 Å². The largest absolute Gasteiger partial charge is 0.215 e. The van der Waals surface area contributed by atoms with Gasteiger partial charge in [-0.15, -0.1) is 0 Å². The van der Waals surface area contributed by atoms with Crippen LogP contribution in [0.2, 0.25) is 0 Å². The summed E-state index contributed by atoms with van der Waals surface area (Å²) in [7, 11) is -2.99. The van der Waals surface area contributed by atoms with E-state index in [-0.39, 0.29) is 16.1 Å². The van der Waals surface area contributed by atoms with E-state index >= 15 is 0 Å². The standard InChI is InChI=1S/C10H17NO2S/c1-9(2)7-3-4-10(9)6-11-14(12,13)8(10)5-7/h7-8,11H,3-6H2,1-2H3/t7-,8+,10+/m0/s1. The lowest BCUT2D eigenvalue weighted by molar-refractivity contribution is 0.146. The summed E-state index contributed by atoms with van der Waals surface area (Å²) in [6.45, 7) is 5.20. The predicted molar refractivity (Wildman–Crippen MR) is 54.3 cm³/mol. The number of hydrogen-bond acceptors (Lipinski definition) is 2. The van der Waals surface area contributed by atoms with Gasteiger partial charge in [0.25, 0.3) is 0 Å². The molecule has 1 saturated heterocycles. The van der Waals surface area contributed by atoms with Crippen LogP contribution >= 0.6 is 0 Å². The third-order valence-corrected chi connectivity index (χ3v) is 7.26. The molecule has 2 aliphatic carbocycles. The Morgan fingerprint density at radius 3 is 2.64 bits per heavy atom. The van der Waals surface area contributed by atoms with Crippen molar-refractivity contribution in [3.05, 3.63) is 0 Å². The van der Waals surface area contributed by atoms with Gasteiger partial charge in [-0.05, 0) is 30.6 Å². The van der Waals surface area contributed by atoms with Crippen molar-refractivity contribution >= 4 is 10.0 Å². The molecule has 3 rings (SSSR count). The summed E-state index contributed by atoms with van der Waals surface area (Å²) < 4.78 is 26.4. The first kappa shape index (κ1) is 9.16. The minimum atomic E-state index is -2.99. The summed E-state index contributed by atoms with van der Waals surface area (Å²) in [5.41, 5.74) is 0.269. The molecule has 0 unspecified atom stereocenters. The Kier molecular flexibility index (Phi) is 1.43. The van der Waals surface area contributed by atoms with E-state index in [9.17, 15) is 8.42 Å². The molecule has 0 amide bonds. The molecule has 3 fully saturated rings. The Balaban J connectivity index is 2.17. The highest BCUT2D eigenvalue weighted by molar-refractivity contribution is 7.90. The molecule has 0 radical (unpaired) electrons. The topological polar surface area (TPSA) is 46.2 Å². The van der Waals surface area contributed by atoms with Gasteiger partial charge >= 0.3 is 0 Å². The number of sulfonamides is 1. The normalized spacial score (nSPS) is 52.1. The SMILES string of the molecule is CC1(C)[C@H]2CC[C@]13CNS(=O)(=O)[C@@H]3C2. The third-order valence-electron chi connectivity index (χ3n) is 5.32. The van der Waals surface area contributed by atoms with E-state index in [0.29, 0.717) is 12.5 Å². The molecular formula is C10H17NO2S. The first-order chi connectivity index (χ1) is 6.40. The van der Waals surface area contributed by atoms with Gasteiger partial charge in [-0.25, -0.2) is 13.1 Å².